The fourth-order valence-corrected chi connectivity index (χ4v) is 2.66. The number of aliphatic hydroxyl groups excluding tert-OH is 1. The average molecular weight is 328 g/mol. The molecule has 4 nitrogen and oxygen atoms in total. The minimum atomic E-state index is -0.724. The van der Waals surface area contributed by atoms with Crippen LogP contribution in [0.3, 0.4) is 0 Å². The Hall–Kier alpha value is -2.59. The molecule has 1 saturated heterocycles. The summed E-state index contributed by atoms with van der Waals surface area (Å²) < 4.78 is 0. The lowest BCUT2D eigenvalue weighted by atomic mass is 9.95. The van der Waals surface area contributed by atoms with Crippen molar-refractivity contribution in [2.75, 3.05) is 0 Å². The quantitative estimate of drug-likeness (QED) is 0.505. The van der Waals surface area contributed by atoms with Crippen LogP contribution in [0.4, 0.5) is 0 Å². The molecule has 1 amide bonds. The van der Waals surface area contributed by atoms with Gasteiger partial charge < -0.3 is 10.4 Å². The molecule has 1 unspecified atom stereocenters. The summed E-state index contributed by atoms with van der Waals surface area (Å²) in [6.07, 6.45) is 0. The number of Topliss-reactive ketones (excluding diaryl/α,β-unsaturated/α-hetero) is 1. The minimum Gasteiger partial charge on any atom is -0.507 e. The van der Waals surface area contributed by atoms with Crippen molar-refractivity contribution in [3.63, 3.8) is 0 Å². The zero-order valence-corrected chi connectivity index (χ0v) is 13.1. The third-order valence-electron chi connectivity index (χ3n) is 3.80. The fraction of sp³-hybridized carbons (Fsp3) is 0.111. The maximum absolute atomic E-state index is 12.2. The highest BCUT2D eigenvalue weighted by Crippen LogP contribution is 2.33. The molecule has 1 heterocycles. The average Bonchev–Trinajstić information content (AvgIpc) is 2.84. The topological polar surface area (TPSA) is 66.4 Å². The van der Waals surface area contributed by atoms with Crippen molar-refractivity contribution < 1.29 is 14.7 Å². The fourth-order valence-electron chi connectivity index (χ4n) is 2.54. The van der Waals surface area contributed by atoms with Crippen LogP contribution in [-0.2, 0) is 9.59 Å². The van der Waals surface area contributed by atoms with Crippen molar-refractivity contribution in [3.8, 4) is 0 Å². The van der Waals surface area contributed by atoms with Crippen molar-refractivity contribution in [2.45, 2.75) is 13.0 Å². The van der Waals surface area contributed by atoms with E-state index in [0.29, 0.717) is 16.1 Å². The van der Waals surface area contributed by atoms with Gasteiger partial charge in [0.05, 0.1) is 11.6 Å². The highest BCUT2D eigenvalue weighted by molar-refractivity contribution is 6.46. The van der Waals surface area contributed by atoms with Crippen LogP contribution >= 0.6 is 11.6 Å². The number of hydrogen-bond donors (Lipinski definition) is 2. The normalized spacial score (nSPS) is 19.7. The molecule has 2 N–H and O–H groups in total. The predicted octanol–water partition coefficient (Wildman–Crippen LogP) is 3.36. The van der Waals surface area contributed by atoms with Gasteiger partial charge in [-0.1, -0.05) is 53.6 Å². The van der Waals surface area contributed by atoms with E-state index in [1.807, 2.05) is 19.1 Å². The molecule has 116 valence electrons. The summed E-state index contributed by atoms with van der Waals surface area (Å²) in [5.41, 5.74) is 2.27. The van der Waals surface area contributed by atoms with Gasteiger partial charge in [-0.2, -0.15) is 0 Å². The van der Waals surface area contributed by atoms with E-state index in [9.17, 15) is 14.7 Å². The Morgan fingerprint density at radius 2 is 1.65 bits per heavy atom. The van der Waals surface area contributed by atoms with Crippen LogP contribution in [0, 0.1) is 6.92 Å². The number of nitrogens with one attached hydrogen (secondary N) is 1. The second kappa shape index (κ2) is 5.89. The molecule has 0 spiro atoms. The lowest BCUT2D eigenvalue weighted by Gasteiger charge is -2.14. The van der Waals surface area contributed by atoms with Gasteiger partial charge in [0.2, 0.25) is 0 Å². The van der Waals surface area contributed by atoms with E-state index in [1.165, 1.54) is 0 Å². The van der Waals surface area contributed by atoms with Crippen molar-refractivity contribution in [1.29, 1.82) is 0 Å². The predicted molar refractivity (Wildman–Crippen MR) is 88.1 cm³/mol. The zero-order chi connectivity index (χ0) is 16.6. The summed E-state index contributed by atoms with van der Waals surface area (Å²) in [6.45, 7) is 1.93. The first-order chi connectivity index (χ1) is 11.0. The Bertz CT molecular complexity index is 807. The number of aliphatic hydroxyl groups is 1. The second-order valence-electron chi connectivity index (χ2n) is 5.42. The molecule has 0 aromatic heterocycles. The van der Waals surface area contributed by atoms with Crippen LogP contribution in [0.2, 0.25) is 5.02 Å². The molecule has 1 aliphatic heterocycles. The van der Waals surface area contributed by atoms with E-state index in [0.717, 1.165) is 5.56 Å². The van der Waals surface area contributed by atoms with Crippen LogP contribution in [0.15, 0.2) is 54.1 Å². The number of aryl methyl sites for hydroxylation is 1. The van der Waals surface area contributed by atoms with Gasteiger partial charge in [-0.05, 0) is 24.6 Å². The molecule has 23 heavy (non-hydrogen) atoms. The second-order valence-corrected chi connectivity index (χ2v) is 5.85. The molecular formula is C18H14ClNO3. The Morgan fingerprint density at radius 3 is 2.26 bits per heavy atom. The Morgan fingerprint density at radius 1 is 1.04 bits per heavy atom. The van der Waals surface area contributed by atoms with Crippen LogP contribution < -0.4 is 5.32 Å². The van der Waals surface area contributed by atoms with Crippen molar-refractivity contribution in [1.82, 2.24) is 5.32 Å². The number of benzene rings is 2. The standard InChI is InChI=1S/C18H14ClNO3/c1-10-2-4-12(5-3-10)16(21)14-15(20-18(23)17(14)22)11-6-8-13(19)9-7-11/h2-9,15,21H,1H3,(H,20,23)/b16-14-. The van der Waals surface area contributed by atoms with Crippen molar-refractivity contribution in [2.24, 2.45) is 0 Å². The maximum atomic E-state index is 12.2. The van der Waals surface area contributed by atoms with Gasteiger partial charge in [0.1, 0.15) is 5.76 Å². The SMILES string of the molecule is Cc1ccc(/C(O)=C2/C(=O)C(=O)NC2c2ccc(Cl)cc2)cc1. The Balaban J connectivity index is 2.10. The molecule has 2 aromatic carbocycles. The summed E-state index contributed by atoms with van der Waals surface area (Å²) >= 11 is 5.87. The zero-order valence-electron chi connectivity index (χ0n) is 12.3. The molecule has 1 aliphatic rings. The number of ketones is 1. The lowest BCUT2D eigenvalue weighted by molar-refractivity contribution is -0.133. The number of carbonyl (C=O) groups excluding carboxylic acids is 2. The van der Waals surface area contributed by atoms with Gasteiger partial charge >= 0.3 is 0 Å². The monoisotopic (exact) mass is 327 g/mol. The first-order valence-electron chi connectivity index (χ1n) is 7.08. The Kier molecular flexibility index (Phi) is 3.92. The summed E-state index contributed by atoms with van der Waals surface area (Å²) in [4.78, 5) is 24.0. The third kappa shape index (κ3) is 2.85. The summed E-state index contributed by atoms with van der Waals surface area (Å²) in [5, 5.41) is 13.7. The van der Waals surface area contributed by atoms with Crippen LogP contribution in [0.25, 0.3) is 5.76 Å². The summed E-state index contributed by atoms with van der Waals surface area (Å²) in [7, 11) is 0. The molecule has 1 fully saturated rings. The summed E-state index contributed by atoms with van der Waals surface area (Å²) in [5.74, 6) is -1.63. The van der Waals surface area contributed by atoms with Gasteiger partial charge in [0.25, 0.3) is 11.7 Å². The Labute approximate surface area is 138 Å². The highest BCUT2D eigenvalue weighted by atomic mass is 35.5. The lowest BCUT2D eigenvalue weighted by Crippen LogP contribution is -2.21. The largest absolute Gasteiger partial charge is 0.507 e. The molecule has 0 saturated carbocycles. The molecule has 0 bridgehead atoms. The van der Waals surface area contributed by atoms with E-state index in [4.69, 9.17) is 11.6 Å². The molecular weight excluding hydrogens is 314 g/mol. The minimum absolute atomic E-state index is 0.0566. The maximum Gasteiger partial charge on any atom is 0.293 e. The molecule has 2 aromatic rings. The van der Waals surface area contributed by atoms with E-state index in [-0.39, 0.29) is 11.3 Å². The number of rotatable bonds is 2. The van der Waals surface area contributed by atoms with Crippen LogP contribution in [-0.4, -0.2) is 16.8 Å². The van der Waals surface area contributed by atoms with Crippen LogP contribution in [0.1, 0.15) is 22.7 Å². The number of hydrogen-bond acceptors (Lipinski definition) is 3. The molecule has 0 aliphatic carbocycles. The van der Waals surface area contributed by atoms with Crippen LogP contribution in [0.5, 0.6) is 0 Å². The van der Waals surface area contributed by atoms with Gasteiger partial charge in [0.15, 0.2) is 0 Å². The first kappa shape index (κ1) is 15.3. The van der Waals surface area contributed by atoms with E-state index in [2.05, 4.69) is 5.32 Å². The van der Waals surface area contributed by atoms with E-state index in [1.54, 1.807) is 36.4 Å². The van der Waals surface area contributed by atoms with E-state index < -0.39 is 17.7 Å². The molecule has 1 atom stereocenters. The van der Waals surface area contributed by atoms with Gasteiger partial charge in [-0.25, -0.2) is 0 Å². The number of amides is 1. The number of carbonyl (C=O) groups is 2. The first-order valence-corrected chi connectivity index (χ1v) is 7.46. The third-order valence-corrected chi connectivity index (χ3v) is 4.05. The van der Waals surface area contributed by atoms with Crippen molar-refractivity contribution in [3.05, 3.63) is 75.8 Å². The number of halogens is 1. The highest BCUT2D eigenvalue weighted by Gasteiger charge is 2.39. The van der Waals surface area contributed by atoms with Gasteiger partial charge in [-0.3, -0.25) is 9.59 Å². The van der Waals surface area contributed by atoms with Gasteiger partial charge in [0, 0.05) is 10.6 Å². The van der Waals surface area contributed by atoms with Crippen molar-refractivity contribution >= 4 is 29.1 Å². The molecule has 0 radical (unpaired) electrons. The smallest absolute Gasteiger partial charge is 0.293 e. The van der Waals surface area contributed by atoms with E-state index >= 15 is 0 Å². The molecule has 3 rings (SSSR count). The van der Waals surface area contributed by atoms with Gasteiger partial charge in [-0.15, -0.1) is 0 Å². The molecule has 5 heteroatoms. The summed E-state index contributed by atoms with van der Waals surface area (Å²) in [6, 6.07) is 13.2.